The molecular formula is C23H24ClF3N2O4. The summed E-state index contributed by atoms with van der Waals surface area (Å²) >= 11 is 5.94. The van der Waals surface area contributed by atoms with Crippen LogP contribution >= 0.6 is 11.6 Å². The molecule has 0 aliphatic carbocycles. The fourth-order valence-electron chi connectivity index (χ4n) is 3.47. The second kappa shape index (κ2) is 11.3. The summed E-state index contributed by atoms with van der Waals surface area (Å²) in [5.74, 6) is -0.502. The van der Waals surface area contributed by atoms with Crippen molar-refractivity contribution in [1.29, 1.82) is 0 Å². The molecule has 0 spiro atoms. The molecule has 0 aromatic heterocycles. The molecule has 1 atom stereocenters. The first-order valence-electron chi connectivity index (χ1n) is 10.5. The molecule has 1 aliphatic heterocycles. The van der Waals surface area contributed by atoms with Gasteiger partial charge in [-0.05, 0) is 43.2 Å². The summed E-state index contributed by atoms with van der Waals surface area (Å²) in [5, 5.41) is 2.84. The Morgan fingerprint density at radius 1 is 1.12 bits per heavy atom. The number of carbonyl (C=O) groups is 2. The van der Waals surface area contributed by atoms with Crippen LogP contribution in [0, 0.1) is 5.92 Å². The van der Waals surface area contributed by atoms with Crippen molar-refractivity contribution < 1.29 is 32.2 Å². The highest BCUT2D eigenvalue weighted by atomic mass is 35.5. The molecule has 1 heterocycles. The molecule has 178 valence electrons. The van der Waals surface area contributed by atoms with E-state index in [4.69, 9.17) is 21.1 Å². The number of anilines is 1. The first kappa shape index (κ1) is 24.7. The van der Waals surface area contributed by atoms with Crippen LogP contribution < -0.4 is 14.8 Å². The third kappa shape index (κ3) is 7.85. The number of alkyl halides is 3. The number of hydrogen-bond acceptors (Lipinski definition) is 4. The smallest absolute Gasteiger partial charge is 0.422 e. The Bertz CT molecular complexity index is 956. The monoisotopic (exact) mass is 484 g/mol. The molecule has 1 N–H and O–H groups in total. The van der Waals surface area contributed by atoms with Crippen molar-refractivity contribution in [3.8, 4) is 11.5 Å². The van der Waals surface area contributed by atoms with Gasteiger partial charge in [-0.3, -0.25) is 9.59 Å². The van der Waals surface area contributed by atoms with Crippen molar-refractivity contribution in [1.82, 2.24) is 4.90 Å². The van der Waals surface area contributed by atoms with Gasteiger partial charge in [0.05, 0.1) is 24.6 Å². The van der Waals surface area contributed by atoms with Gasteiger partial charge in [0, 0.05) is 18.1 Å². The van der Waals surface area contributed by atoms with E-state index in [9.17, 15) is 22.8 Å². The number of halogens is 4. The number of hydrogen-bond donors (Lipinski definition) is 1. The van der Waals surface area contributed by atoms with Crippen LogP contribution in [0.4, 0.5) is 18.9 Å². The van der Waals surface area contributed by atoms with Crippen molar-refractivity contribution in [2.45, 2.75) is 25.4 Å². The lowest BCUT2D eigenvalue weighted by molar-refractivity contribution is -0.153. The number of piperidine rings is 1. The molecule has 2 aromatic rings. The zero-order chi connectivity index (χ0) is 23.8. The van der Waals surface area contributed by atoms with Gasteiger partial charge < -0.3 is 19.7 Å². The summed E-state index contributed by atoms with van der Waals surface area (Å²) in [7, 11) is 0. The number of carbonyl (C=O) groups excluding carboxylic acids is 2. The molecule has 1 saturated heterocycles. The molecule has 0 radical (unpaired) electrons. The molecule has 3 rings (SSSR count). The number of ether oxygens (including phenoxy) is 2. The fourth-order valence-corrected chi connectivity index (χ4v) is 3.64. The average Bonchev–Trinajstić information content (AvgIpc) is 2.78. The van der Waals surface area contributed by atoms with Crippen LogP contribution in [0.2, 0.25) is 5.02 Å². The number of nitrogens with zero attached hydrogens (tertiary/aromatic N) is 1. The molecule has 0 saturated carbocycles. The first-order valence-corrected chi connectivity index (χ1v) is 10.8. The molecule has 1 unspecified atom stereocenters. The number of likely N-dealkylation sites (tertiary alicyclic amines) is 1. The minimum absolute atomic E-state index is 0.0523. The highest BCUT2D eigenvalue weighted by Gasteiger charge is 2.31. The Morgan fingerprint density at radius 2 is 1.88 bits per heavy atom. The van der Waals surface area contributed by atoms with Gasteiger partial charge in [0.15, 0.2) is 6.61 Å². The summed E-state index contributed by atoms with van der Waals surface area (Å²) in [6.45, 7) is -0.521. The Morgan fingerprint density at radius 3 is 2.61 bits per heavy atom. The third-order valence-corrected chi connectivity index (χ3v) is 5.30. The van der Waals surface area contributed by atoms with Crippen molar-refractivity contribution in [3.05, 3.63) is 53.6 Å². The number of nitrogens with one attached hydrogen (secondary N) is 1. The van der Waals surface area contributed by atoms with Crippen LogP contribution in [0.1, 0.15) is 19.3 Å². The van der Waals surface area contributed by atoms with Crippen molar-refractivity contribution in [2.24, 2.45) is 5.92 Å². The maximum atomic E-state index is 12.8. The number of amides is 2. The Balaban J connectivity index is 1.55. The molecule has 0 bridgehead atoms. The molecule has 1 fully saturated rings. The third-order valence-electron chi connectivity index (χ3n) is 5.06. The predicted octanol–water partition coefficient (Wildman–Crippen LogP) is 4.93. The molecule has 6 nitrogen and oxygen atoms in total. The zero-order valence-electron chi connectivity index (χ0n) is 17.7. The number of benzene rings is 2. The van der Waals surface area contributed by atoms with Gasteiger partial charge in [-0.1, -0.05) is 29.8 Å². The Kier molecular flexibility index (Phi) is 8.43. The van der Waals surface area contributed by atoms with Crippen LogP contribution in [-0.4, -0.2) is 49.2 Å². The highest BCUT2D eigenvalue weighted by Crippen LogP contribution is 2.31. The van der Waals surface area contributed by atoms with Gasteiger partial charge in [0.25, 0.3) is 0 Å². The zero-order valence-corrected chi connectivity index (χ0v) is 18.5. The van der Waals surface area contributed by atoms with Gasteiger partial charge in [-0.2, -0.15) is 13.2 Å². The second-order valence-corrected chi connectivity index (χ2v) is 8.06. The van der Waals surface area contributed by atoms with E-state index < -0.39 is 24.6 Å². The van der Waals surface area contributed by atoms with E-state index in [1.165, 1.54) is 18.2 Å². The van der Waals surface area contributed by atoms with Crippen LogP contribution in [0.15, 0.2) is 48.5 Å². The number of para-hydroxylation sites is 1. The van der Waals surface area contributed by atoms with E-state index in [0.717, 1.165) is 0 Å². The van der Waals surface area contributed by atoms with Crippen LogP contribution in [0.5, 0.6) is 11.5 Å². The van der Waals surface area contributed by atoms with Gasteiger partial charge in [-0.25, -0.2) is 0 Å². The highest BCUT2D eigenvalue weighted by molar-refractivity contribution is 6.31. The van der Waals surface area contributed by atoms with Crippen LogP contribution in [0.25, 0.3) is 0 Å². The number of rotatable bonds is 8. The first-order chi connectivity index (χ1) is 15.7. The van der Waals surface area contributed by atoms with Crippen LogP contribution in [0.3, 0.4) is 0 Å². The summed E-state index contributed by atoms with van der Waals surface area (Å²) < 4.78 is 47.9. The van der Waals surface area contributed by atoms with E-state index in [2.05, 4.69) is 5.32 Å². The molecule has 10 heteroatoms. The van der Waals surface area contributed by atoms with Crippen molar-refractivity contribution >= 4 is 29.1 Å². The molecule has 2 aromatic carbocycles. The molecule has 2 amide bonds. The van der Waals surface area contributed by atoms with E-state index in [-0.39, 0.29) is 41.9 Å². The van der Waals surface area contributed by atoms with Gasteiger partial charge in [0.2, 0.25) is 11.8 Å². The van der Waals surface area contributed by atoms with Crippen molar-refractivity contribution in [3.63, 3.8) is 0 Å². The van der Waals surface area contributed by atoms with Crippen molar-refractivity contribution in [2.75, 3.05) is 31.6 Å². The summed E-state index contributed by atoms with van der Waals surface area (Å²) in [6, 6.07) is 13.1. The quantitative estimate of drug-likeness (QED) is 0.577. The average molecular weight is 485 g/mol. The normalized spacial score (nSPS) is 16.2. The fraction of sp³-hybridized carbons (Fsp3) is 0.391. The van der Waals surface area contributed by atoms with E-state index in [1.54, 1.807) is 17.0 Å². The van der Waals surface area contributed by atoms with Crippen LogP contribution in [-0.2, 0) is 9.59 Å². The standard InChI is InChI=1S/C23H24ClF3N2O4/c24-17-8-9-20(33-15-23(25,26)27)19(13-17)28-22(31)16-5-4-11-29(14-16)21(30)10-12-32-18-6-2-1-3-7-18/h1-3,6-9,13,16H,4-5,10-12,14-15H2,(H,28,31). The lowest BCUT2D eigenvalue weighted by Gasteiger charge is -2.32. The molecule has 33 heavy (non-hydrogen) atoms. The lowest BCUT2D eigenvalue weighted by atomic mass is 9.96. The SMILES string of the molecule is O=C(Nc1cc(Cl)ccc1OCC(F)(F)F)C1CCCN(C(=O)CCOc2ccccc2)C1. The Labute approximate surface area is 194 Å². The van der Waals surface area contributed by atoms with E-state index in [0.29, 0.717) is 25.1 Å². The van der Waals surface area contributed by atoms with E-state index >= 15 is 0 Å². The van der Waals surface area contributed by atoms with Gasteiger partial charge in [-0.15, -0.1) is 0 Å². The topological polar surface area (TPSA) is 67.9 Å². The van der Waals surface area contributed by atoms with Gasteiger partial charge in [0.1, 0.15) is 11.5 Å². The summed E-state index contributed by atoms with van der Waals surface area (Å²) in [6.07, 6.45) is -3.16. The largest absolute Gasteiger partial charge is 0.493 e. The predicted molar refractivity (Wildman–Crippen MR) is 117 cm³/mol. The molecule has 1 aliphatic rings. The minimum atomic E-state index is -4.52. The minimum Gasteiger partial charge on any atom is -0.493 e. The van der Waals surface area contributed by atoms with Gasteiger partial charge >= 0.3 is 6.18 Å². The molecular weight excluding hydrogens is 461 g/mol. The summed E-state index contributed by atoms with van der Waals surface area (Å²) in [5.41, 5.74) is 0.0523. The lowest BCUT2D eigenvalue weighted by Crippen LogP contribution is -2.44. The van der Waals surface area contributed by atoms with E-state index in [1.807, 2.05) is 18.2 Å². The maximum absolute atomic E-state index is 12.8. The Hall–Kier alpha value is -2.94. The second-order valence-electron chi connectivity index (χ2n) is 7.62. The maximum Gasteiger partial charge on any atom is 0.422 e. The summed E-state index contributed by atoms with van der Waals surface area (Å²) in [4.78, 5) is 27.0.